The van der Waals surface area contributed by atoms with Gasteiger partial charge < -0.3 is 25.4 Å². The number of nitrogens with one attached hydrogen (secondary N) is 2. The van der Waals surface area contributed by atoms with Crippen LogP contribution in [0.1, 0.15) is 17.2 Å². The van der Waals surface area contributed by atoms with E-state index >= 15 is 0 Å². The highest BCUT2D eigenvalue weighted by atomic mass is 35.5. The molecule has 9 atom stereocenters. The van der Waals surface area contributed by atoms with Crippen LogP contribution in [0.5, 0.6) is 0 Å². The Labute approximate surface area is 173 Å². The number of rotatable bonds is 2. The summed E-state index contributed by atoms with van der Waals surface area (Å²) in [5.74, 6) is -0.468. The van der Waals surface area contributed by atoms with Gasteiger partial charge in [0.05, 0.1) is 18.9 Å². The molecule has 0 amide bonds. The predicted octanol–water partition coefficient (Wildman–Crippen LogP) is -0.568. The van der Waals surface area contributed by atoms with Crippen molar-refractivity contribution in [1.82, 2.24) is 15.5 Å². The van der Waals surface area contributed by atoms with Crippen molar-refractivity contribution in [1.29, 1.82) is 0 Å². The molecule has 1 aromatic carbocycles. The summed E-state index contributed by atoms with van der Waals surface area (Å²) in [6.45, 7) is 0.964. The number of benzene rings is 1. The predicted molar refractivity (Wildman–Crippen MR) is 103 cm³/mol. The first-order chi connectivity index (χ1) is 14.0. The fourth-order valence-electron chi connectivity index (χ4n) is 5.15. The molecule has 1 aromatic rings. The van der Waals surface area contributed by atoms with Gasteiger partial charge in [-0.3, -0.25) is 15.5 Å². The van der Waals surface area contributed by atoms with Crippen molar-refractivity contribution in [2.45, 2.75) is 55.6 Å². The van der Waals surface area contributed by atoms with Crippen LogP contribution in [-0.4, -0.2) is 78.0 Å². The van der Waals surface area contributed by atoms with Gasteiger partial charge in [0.25, 0.3) is 0 Å². The minimum atomic E-state index is -1.19. The molecule has 10 heteroatoms. The highest BCUT2D eigenvalue weighted by Crippen LogP contribution is 2.41. The molecule has 0 aromatic heterocycles. The Morgan fingerprint density at radius 1 is 1.24 bits per heavy atom. The average Bonchev–Trinajstić information content (AvgIpc) is 3.19. The van der Waals surface area contributed by atoms with E-state index in [9.17, 15) is 14.6 Å². The van der Waals surface area contributed by atoms with Crippen LogP contribution in [0.2, 0.25) is 5.02 Å². The molecule has 0 aliphatic carbocycles. The number of halogens is 2. The second-order valence-corrected chi connectivity index (χ2v) is 8.64. The van der Waals surface area contributed by atoms with E-state index in [0.29, 0.717) is 18.3 Å². The molecule has 29 heavy (non-hydrogen) atoms. The van der Waals surface area contributed by atoms with Crippen LogP contribution < -0.4 is 16.4 Å². The lowest BCUT2D eigenvalue weighted by molar-refractivity contribution is -0.142. The summed E-state index contributed by atoms with van der Waals surface area (Å²) in [6, 6.07) is 5.53. The Kier molecular flexibility index (Phi) is 5.30. The van der Waals surface area contributed by atoms with Crippen LogP contribution in [0.15, 0.2) is 18.2 Å². The second-order valence-electron chi connectivity index (χ2n) is 8.20. The molecule has 3 saturated heterocycles. The minimum Gasteiger partial charge on any atom is -0.387 e. The first-order valence-electron chi connectivity index (χ1n) is 9.99. The largest absolute Gasteiger partial charge is 0.387 e. The summed E-state index contributed by atoms with van der Waals surface area (Å²) in [4.78, 5) is 1.73. The highest BCUT2D eigenvalue weighted by molar-refractivity contribution is 6.30. The zero-order chi connectivity index (χ0) is 20.3. The lowest BCUT2D eigenvalue weighted by Gasteiger charge is -2.39. The van der Waals surface area contributed by atoms with Gasteiger partial charge in [0.1, 0.15) is 36.8 Å². The minimum absolute atomic E-state index is 0.0661. The van der Waals surface area contributed by atoms with Crippen molar-refractivity contribution in [2.75, 3.05) is 19.8 Å². The van der Waals surface area contributed by atoms with E-state index in [4.69, 9.17) is 26.8 Å². The number of hydrogen-bond donors (Lipinski definition) is 5. The maximum atomic E-state index is 14.7. The van der Waals surface area contributed by atoms with E-state index in [0.717, 1.165) is 17.5 Å². The van der Waals surface area contributed by atoms with Gasteiger partial charge in [-0.1, -0.05) is 17.7 Å². The number of ether oxygens (including phenoxy) is 2. The smallest absolute Gasteiger partial charge is 0.141 e. The van der Waals surface area contributed by atoms with Gasteiger partial charge in [-0.05, 0) is 29.7 Å². The van der Waals surface area contributed by atoms with E-state index in [-0.39, 0.29) is 12.7 Å². The Hall–Kier alpha value is -0.880. The Balaban J connectivity index is 1.39. The molecule has 4 heterocycles. The van der Waals surface area contributed by atoms with E-state index in [2.05, 4.69) is 10.6 Å². The van der Waals surface area contributed by atoms with Crippen LogP contribution in [0.25, 0.3) is 0 Å². The first-order valence-corrected chi connectivity index (χ1v) is 10.4. The Bertz CT molecular complexity index is 776. The topological polar surface area (TPSA) is 112 Å². The van der Waals surface area contributed by atoms with Crippen LogP contribution >= 0.6 is 11.6 Å². The fourth-order valence-corrected chi connectivity index (χ4v) is 5.34. The Morgan fingerprint density at radius 2 is 2.07 bits per heavy atom. The number of hydrogen-bond acceptors (Lipinski definition) is 8. The number of nitrogens with zero attached hydrogens (tertiary/aromatic N) is 1. The maximum absolute atomic E-state index is 14.7. The van der Waals surface area contributed by atoms with Gasteiger partial charge in [-0.2, -0.15) is 0 Å². The highest BCUT2D eigenvalue weighted by Gasteiger charge is 2.56. The molecule has 5 rings (SSSR count). The Morgan fingerprint density at radius 3 is 2.90 bits per heavy atom. The second kappa shape index (κ2) is 7.67. The zero-order valence-electron chi connectivity index (χ0n) is 15.7. The van der Waals surface area contributed by atoms with Crippen LogP contribution in [0.3, 0.4) is 0 Å². The molecule has 6 N–H and O–H groups in total. The molecular formula is C19H26ClFN4O4. The van der Waals surface area contributed by atoms with Crippen molar-refractivity contribution in [3.63, 3.8) is 0 Å². The SMILES string of the molecule is NC1NCNC2C1C(F)CN2[C@@H]1O[C@H]([C@@H]2OCCc3cc(Cl)ccc32)[C@@H](O)[C@H]1O. The number of nitrogens with two attached hydrogens (primary N) is 1. The lowest BCUT2D eigenvalue weighted by atomic mass is 9.92. The molecule has 4 unspecified atom stereocenters. The van der Waals surface area contributed by atoms with E-state index < -0.39 is 48.9 Å². The third-order valence-corrected chi connectivity index (χ3v) is 6.80. The maximum Gasteiger partial charge on any atom is 0.141 e. The standard InChI is InChI=1S/C19H26ClFN4O4/c20-9-1-2-10-8(5-9)3-4-28-15(10)16-13(26)14(27)19(29-16)25-6-11(21)12-17(22)23-7-24-18(12)25/h1-2,5,11-19,23-24,26-27H,3-4,6-7,22H2/t11?,12?,13-,14+,15+,16-,17?,18?,19+/m0/s1. The van der Waals surface area contributed by atoms with Gasteiger partial charge in [0, 0.05) is 24.2 Å². The molecule has 3 fully saturated rings. The molecule has 0 spiro atoms. The number of fused-ring (bicyclic) bond motifs is 2. The van der Waals surface area contributed by atoms with Crippen molar-refractivity contribution in [3.8, 4) is 0 Å². The summed E-state index contributed by atoms with van der Waals surface area (Å²) in [6.07, 6.45) is -5.85. The third kappa shape index (κ3) is 3.29. The normalized spacial score (nSPS) is 45.2. The van der Waals surface area contributed by atoms with Crippen molar-refractivity contribution in [2.24, 2.45) is 11.7 Å². The molecule has 160 valence electrons. The lowest BCUT2D eigenvalue weighted by Crippen LogP contribution is -2.65. The first kappa shape index (κ1) is 20.0. The number of alkyl halides is 1. The van der Waals surface area contributed by atoms with E-state index in [1.807, 2.05) is 12.1 Å². The molecule has 4 aliphatic heterocycles. The van der Waals surface area contributed by atoms with E-state index in [1.165, 1.54) is 0 Å². The number of aliphatic hydroxyl groups excluding tert-OH is 2. The van der Waals surface area contributed by atoms with Gasteiger partial charge in [0.15, 0.2) is 0 Å². The third-order valence-electron chi connectivity index (χ3n) is 6.57. The molecule has 0 bridgehead atoms. The molecule has 0 radical (unpaired) electrons. The van der Waals surface area contributed by atoms with Crippen molar-refractivity contribution in [3.05, 3.63) is 34.3 Å². The van der Waals surface area contributed by atoms with Crippen LogP contribution in [0.4, 0.5) is 4.39 Å². The summed E-state index contributed by atoms with van der Waals surface area (Å²) < 4.78 is 26.7. The quantitative estimate of drug-likeness (QED) is 0.426. The van der Waals surface area contributed by atoms with Crippen LogP contribution in [0, 0.1) is 5.92 Å². The number of aliphatic hydroxyl groups is 2. The zero-order valence-corrected chi connectivity index (χ0v) is 16.5. The molecule has 4 aliphatic rings. The van der Waals surface area contributed by atoms with Gasteiger partial charge >= 0.3 is 0 Å². The summed E-state index contributed by atoms with van der Waals surface area (Å²) in [7, 11) is 0. The summed E-state index contributed by atoms with van der Waals surface area (Å²) in [5, 5.41) is 28.4. The van der Waals surface area contributed by atoms with Gasteiger partial charge in [0.2, 0.25) is 0 Å². The van der Waals surface area contributed by atoms with Crippen molar-refractivity contribution >= 4 is 11.6 Å². The fraction of sp³-hybridized carbons (Fsp3) is 0.684. The van der Waals surface area contributed by atoms with Crippen molar-refractivity contribution < 1.29 is 24.1 Å². The summed E-state index contributed by atoms with van der Waals surface area (Å²) in [5.41, 5.74) is 7.97. The molecule has 8 nitrogen and oxygen atoms in total. The average molecular weight is 429 g/mol. The molecular weight excluding hydrogens is 403 g/mol. The number of likely N-dealkylation sites (tertiary alicyclic amines) is 1. The monoisotopic (exact) mass is 428 g/mol. The van der Waals surface area contributed by atoms with E-state index in [1.54, 1.807) is 11.0 Å². The summed E-state index contributed by atoms with van der Waals surface area (Å²) >= 11 is 6.11. The van der Waals surface area contributed by atoms with Crippen LogP contribution in [-0.2, 0) is 15.9 Å². The van der Waals surface area contributed by atoms with Gasteiger partial charge in [-0.25, -0.2) is 4.39 Å². The molecule has 0 saturated carbocycles. The van der Waals surface area contributed by atoms with Gasteiger partial charge in [-0.15, -0.1) is 0 Å².